The number of hydrogen-bond donors (Lipinski definition) is 1. The van der Waals surface area contributed by atoms with Crippen LogP contribution >= 0.6 is 11.6 Å². The molecule has 0 radical (unpaired) electrons. The second kappa shape index (κ2) is 6.23. The molecule has 1 aromatic heterocycles. The fourth-order valence-corrected chi connectivity index (χ4v) is 2.63. The third kappa shape index (κ3) is 3.88. The maximum atomic E-state index is 12.3. The van der Waals surface area contributed by atoms with E-state index in [1.807, 2.05) is 0 Å². The molecule has 0 spiro atoms. The molecule has 1 atom stereocenters. The van der Waals surface area contributed by atoms with Crippen LogP contribution < -0.4 is 15.8 Å². The Labute approximate surface area is 124 Å². The number of nitrogens with zero attached hydrogens (tertiary/aromatic N) is 3. The number of likely N-dealkylation sites (N-methyl/N-ethyl adjacent to an activating group) is 1. The van der Waals surface area contributed by atoms with Crippen LogP contribution in [0.3, 0.4) is 0 Å². The smallest absolute Gasteiger partial charge is 0.368 e. The zero-order chi connectivity index (χ0) is 15.6. The second-order valence-corrected chi connectivity index (χ2v) is 5.41. The van der Waals surface area contributed by atoms with Gasteiger partial charge in [0.05, 0.1) is 11.9 Å². The average molecular weight is 325 g/mol. The molecule has 1 unspecified atom stereocenters. The largest absolute Gasteiger partial charge is 0.408 e. The van der Waals surface area contributed by atoms with Gasteiger partial charge in [-0.3, -0.25) is 4.79 Å². The van der Waals surface area contributed by atoms with Crippen LogP contribution in [-0.4, -0.2) is 42.1 Å². The van der Waals surface area contributed by atoms with Crippen molar-refractivity contribution in [3.05, 3.63) is 21.6 Å². The summed E-state index contributed by atoms with van der Waals surface area (Å²) in [5.74, 6) is 0. The van der Waals surface area contributed by atoms with Crippen LogP contribution in [0, 0.1) is 0 Å². The van der Waals surface area contributed by atoms with E-state index in [0.717, 1.165) is 25.9 Å². The van der Waals surface area contributed by atoms with Gasteiger partial charge in [0.15, 0.2) is 0 Å². The van der Waals surface area contributed by atoms with Crippen molar-refractivity contribution in [1.29, 1.82) is 0 Å². The van der Waals surface area contributed by atoms with Crippen molar-refractivity contribution in [2.24, 2.45) is 0 Å². The number of aromatic nitrogens is 2. The van der Waals surface area contributed by atoms with E-state index in [4.69, 9.17) is 11.6 Å². The van der Waals surface area contributed by atoms with Crippen molar-refractivity contribution in [2.45, 2.75) is 31.6 Å². The predicted octanol–water partition coefficient (Wildman–Crippen LogP) is 1.65. The lowest BCUT2D eigenvalue weighted by Gasteiger charge is -2.33. The van der Waals surface area contributed by atoms with E-state index in [1.165, 1.54) is 6.20 Å². The van der Waals surface area contributed by atoms with Gasteiger partial charge in [-0.15, -0.1) is 0 Å². The summed E-state index contributed by atoms with van der Waals surface area (Å²) in [5.41, 5.74) is -0.573. The lowest BCUT2D eigenvalue weighted by atomic mass is 10.1. The van der Waals surface area contributed by atoms with Gasteiger partial charge in [0, 0.05) is 19.6 Å². The van der Waals surface area contributed by atoms with Crippen LogP contribution in [0.2, 0.25) is 5.02 Å². The van der Waals surface area contributed by atoms with Gasteiger partial charge in [0.1, 0.15) is 11.6 Å². The van der Waals surface area contributed by atoms with Crippen molar-refractivity contribution < 1.29 is 13.2 Å². The van der Waals surface area contributed by atoms with E-state index in [-0.39, 0.29) is 11.1 Å². The molecule has 1 aromatic rings. The predicted molar refractivity (Wildman–Crippen MR) is 73.9 cm³/mol. The molecule has 0 bridgehead atoms. The van der Waals surface area contributed by atoms with Gasteiger partial charge in [-0.2, -0.15) is 18.3 Å². The van der Waals surface area contributed by atoms with Crippen LogP contribution in [0.25, 0.3) is 0 Å². The summed E-state index contributed by atoms with van der Waals surface area (Å²) in [6, 6.07) is 0.135. The Morgan fingerprint density at radius 3 is 2.86 bits per heavy atom. The number of alkyl halides is 3. The summed E-state index contributed by atoms with van der Waals surface area (Å²) in [6.45, 7) is 0.225. The maximum Gasteiger partial charge on any atom is 0.408 e. The molecule has 0 saturated carbocycles. The van der Waals surface area contributed by atoms with Gasteiger partial charge >= 0.3 is 6.18 Å². The molecule has 1 N–H and O–H groups in total. The normalized spacial score (nSPS) is 19.6. The molecule has 0 amide bonds. The van der Waals surface area contributed by atoms with Gasteiger partial charge < -0.3 is 10.2 Å². The monoisotopic (exact) mass is 324 g/mol. The van der Waals surface area contributed by atoms with Gasteiger partial charge in [-0.1, -0.05) is 11.6 Å². The van der Waals surface area contributed by atoms with Crippen molar-refractivity contribution in [1.82, 2.24) is 15.1 Å². The summed E-state index contributed by atoms with van der Waals surface area (Å²) < 4.78 is 37.4. The first-order valence-corrected chi connectivity index (χ1v) is 6.93. The van der Waals surface area contributed by atoms with E-state index in [2.05, 4.69) is 10.4 Å². The third-order valence-electron chi connectivity index (χ3n) is 3.49. The van der Waals surface area contributed by atoms with E-state index in [9.17, 15) is 18.0 Å². The summed E-state index contributed by atoms with van der Waals surface area (Å²) in [7, 11) is 1.76. The van der Waals surface area contributed by atoms with E-state index in [0.29, 0.717) is 10.4 Å². The highest BCUT2D eigenvalue weighted by Gasteiger charge is 2.30. The highest BCUT2D eigenvalue weighted by Crippen LogP contribution is 2.24. The van der Waals surface area contributed by atoms with Gasteiger partial charge in [0.25, 0.3) is 5.56 Å². The maximum absolute atomic E-state index is 12.3. The molecular formula is C12H16ClF3N4O. The Bertz CT molecular complexity index is 554. The third-order valence-corrected chi connectivity index (χ3v) is 3.85. The molecule has 0 aliphatic carbocycles. The summed E-state index contributed by atoms with van der Waals surface area (Å²) in [4.78, 5) is 13.7. The summed E-state index contributed by atoms with van der Waals surface area (Å²) in [5, 5.41) is 6.57. The van der Waals surface area contributed by atoms with Crippen LogP contribution in [-0.2, 0) is 6.54 Å². The van der Waals surface area contributed by atoms with E-state index in [1.54, 1.807) is 11.9 Å². The molecule has 1 fully saturated rings. The molecule has 1 saturated heterocycles. The molecule has 1 aliphatic heterocycles. The fourth-order valence-electron chi connectivity index (χ4n) is 2.35. The standard InChI is InChI=1S/C12H16ClF3N4O/c1-19(8-3-2-4-17-5-8)9-6-18-20(7-12(14,15)16)11(21)10(9)13/h6,8,17H,2-5,7H2,1H3. The van der Waals surface area contributed by atoms with Crippen LogP contribution in [0.1, 0.15) is 12.8 Å². The quantitative estimate of drug-likeness (QED) is 0.918. The molecule has 1 aliphatic rings. The Morgan fingerprint density at radius 1 is 1.57 bits per heavy atom. The van der Waals surface area contributed by atoms with Gasteiger partial charge in [-0.25, -0.2) is 4.68 Å². The van der Waals surface area contributed by atoms with Crippen molar-refractivity contribution in [3.8, 4) is 0 Å². The zero-order valence-corrected chi connectivity index (χ0v) is 12.2. The van der Waals surface area contributed by atoms with E-state index >= 15 is 0 Å². The topological polar surface area (TPSA) is 50.2 Å². The Morgan fingerprint density at radius 2 is 2.29 bits per heavy atom. The molecule has 21 heavy (non-hydrogen) atoms. The zero-order valence-electron chi connectivity index (χ0n) is 11.5. The SMILES string of the molecule is CN(c1cnn(CC(F)(F)F)c(=O)c1Cl)C1CCCNC1. The number of rotatable bonds is 3. The first-order chi connectivity index (χ1) is 9.79. The molecule has 2 rings (SSSR count). The summed E-state index contributed by atoms with van der Waals surface area (Å²) >= 11 is 5.94. The van der Waals surface area contributed by atoms with Gasteiger partial charge in [-0.05, 0) is 19.4 Å². The average Bonchev–Trinajstić information content (AvgIpc) is 2.43. The molecule has 5 nitrogen and oxygen atoms in total. The van der Waals surface area contributed by atoms with Gasteiger partial charge in [0.2, 0.25) is 0 Å². The van der Waals surface area contributed by atoms with Crippen molar-refractivity contribution >= 4 is 17.3 Å². The molecule has 2 heterocycles. The Hall–Kier alpha value is -1.28. The van der Waals surface area contributed by atoms with Crippen LogP contribution in [0.15, 0.2) is 11.0 Å². The van der Waals surface area contributed by atoms with Crippen molar-refractivity contribution in [3.63, 3.8) is 0 Å². The lowest BCUT2D eigenvalue weighted by Crippen LogP contribution is -2.45. The number of piperidine rings is 1. The Kier molecular flexibility index (Phi) is 4.77. The minimum absolute atomic E-state index is 0.135. The minimum Gasteiger partial charge on any atom is -0.368 e. The molecule has 0 aromatic carbocycles. The van der Waals surface area contributed by atoms with Crippen molar-refractivity contribution in [2.75, 3.05) is 25.0 Å². The fraction of sp³-hybridized carbons (Fsp3) is 0.667. The number of halogens is 4. The number of nitrogens with one attached hydrogen (secondary N) is 1. The molecular weight excluding hydrogens is 309 g/mol. The molecule has 9 heteroatoms. The first-order valence-electron chi connectivity index (χ1n) is 6.55. The van der Waals surface area contributed by atoms with Crippen LogP contribution in [0.4, 0.5) is 18.9 Å². The lowest BCUT2D eigenvalue weighted by molar-refractivity contribution is -0.143. The number of anilines is 1. The number of hydrogen-bond acceptors (Lipinski definition) is 4. The highest BCUT2D eigenvalue weighted by molar-refractivity contribution is 6.33. The minimum atomic E-state index is -4.51. The summed E-state index contributed by atoms with van der Waals surface area (Å²) in [6.07, 6.45) is -1.39. The van der Waals surface area contributed by atoms with E-state index < -0.39 is 18.3 Å². The van der Waals surface area contributed by atoms with Crippen LogP contribution in [0.5, 0.6) is 0 Å². The molecule has 118 valence electrons. The Balaban J connectivity index is 2.25. The highest BCUT2D eigenvalue weighted by atomic mass is 35.5. The first kappa shape index (κ1) is 16.1. The second-order valence-electron chi connectivity index (χ2n) is 5.03.